The van der Waals surface area contributed by atoms with Crippen LogP contribution in [0.1, 0.15) is 44.5 Å². The zero-order valence-electron chi connectivity index (χ0n) is 16.5. The molecule has 0 spiro atoms. The number of imidazole rings is 1. The van der Waals surface area contributed by atoms with Gasteiger partial charge in [-0.25, -0.2) is 9.78 Å². The number of aromatic nitrogens is 4. The molecule has 9 heteroatoms. The molecule has 3 rings (SSSR count). The fourth-order valence-electron chi connectivity index (χ4n) is 3.42. The molecule has 7 nitrogen and oxygen atoms in total. The van der Waals surface area contributed by atoms with Gasteiger partial charge in [0.1, 0.15) is 12.4 Å². The predicted octanol–water partition coefficient (Wildman–Crippen LogP) is 3.42. The van der Waals surface area contributed by atoms with Gasteiger partial charge in [0.15, 0.2) is 11.2 Å². The summed E-state index contributed by atoms with van der Waals surface area (Å²) in [4.78, 5) is 31.0. The first-order valence-electron chi connectivity index (χ1n) is 9.71. The van der Waals surface area contributed by atoms with E-state index >= 15 is 0 Å². The molecule has 29 heavy (non-hydrogen) atoms. The minimum absolute atomic E-state index is 0.0377. The molecule has 0 saturated carbocycles. The van der Waals surface area contributed by atoms with Crippen molar-refractivity contribution in [2.24, 2.45) is 0 Å². The summed E-state index contributed by atoms with van der Waals surface area (Å²) >= 11 is 12.5. The first-order valence-corrected chi connectivity index (χ1v) is 10.5. The Kier molecular flexibility index (Phi) is 6.82. The highest BCUT2D eigenvalue weighted by Crippen LogP contribution is 2.24. The Morgan fingerprint density at radius 2 is 1.69 bits per heavy atom. The van der Waals surface area contributed by atoms with E-state index in [9.17, 15) is 14.7 Å². The van der Waals surface area contributed by atoms with E-state index in [0.717, 1.165) is 23.8 Å². The zero-order valence-corrected chi connectivity index (χ0v) is 18.0. The Bertz CT molecular complexity index is 1130. The van der Waals surface area contributed by atoms with E-state index in [0.29, 0.717) is 45.7 Å². The third kappa shape index (κ3) is 3.99. The van der Waals surface area contributed by atoms with Gasteiger partial charge in [0, 0.05) is 28.7 Å². The second-order valence-corrected chi connectivity index (χ2v) is 7.70. The maximum absolute atomic E-state index is 13.3. The summed E-state index contributed by atoms with van der Waals surface area (Å²) in [5.41, 5.74) is 0.217. The average Bonchev–Trinajstić information content (AvgIpc) is 3.06. The molecule has 0 unspecified atom stereocenters. The maximum Gasteiger partial charge on any atom is 0.333 e. The van der Waals surface area contributed by atoms with Gasteiger partial charge < -0.3 is 9.67 Å². The molecule has 0 fully saturated rings. The van der Waals surface area contributed by atoms with Gasteiger partial charge in [-0.1, -0.05) is 49.5 Å². The van der Waals surface area contributed by atoms with E-state index in [4.69, 9.17) is 23.2 Å². The fraction of sp³-hybridized carbons (Fsp3) is 0.450. The highest BCUT2D eigenvalue weighted by molar-refractivity contribution is 6.35. The summed E-state index contributed by atoms with van der Waals surface area (Å²) in [6, 6.07) is 5.06. The highest BCUT2D eigenvalue weighted by Gasteiger charge is 2.22. The van der Waals surface area contributed by atoms with Crippen LogP contribution in [-0.2, 0) is 26.2 Å². The van der Waals surface area contributed by atoms with Crippen LogP contribution in [0.5, 0.6) is 0 Å². The Balaban J connectivity index is 2.33. The van der Waals surface area contributed by atoms with Crippen molar-refractivity contribution in [1.29, 1.82) is 0 Å². The molecule has 0 radical (unpaired) electrons. The van der Waals surface area contributed by atoms with Crippen LogP contribution in [0.2, 0.25) is 10.0 Å². The molecule has 0 saturated heterocycles. The average molecular weight is 439 g/mol. The van der Waals surface area contributed by atoms with E-state index in [1.165, 1.54) is 4.57 Å². The standard InChI is InChI=1S/C20H24Cl2N4O3/c1-3-5-10-25-18-17(24(9-4-2)16(12-27)23-18)19(28)26(20(25)29)11-13-14(21)7-6-8-15(13)22/h6-8,27H,3-5,9-12H2,1-2H3. The predicted molar refractivity (Wildman–Crippen MR) is 115 cm³/mol. The highest BCUT2D eigenvalue weighted by atomic mass is 35.5. The van der Waals surface area contributed by atoms with Crippen molar-refractivity contribution in [2.75, 3.05) is 0 Å². The number of rotatable bonds is 8. The lowest BCUT2D eigenvalue weighted by atomic mass is 10.2. The quantitative estimate of drug-likeness (QED) is 0.583. The molecule has 0 amide bonds. The minimum atomic E-state index is -0.464. The third-order valence-electron chi connectivity index (χ3n) is 4.90. The van der Waals surface area contributed by atoms with Crippen molar-refractivity contribution in [2.45, 2.75) is 59.4 Å². The van der Waals surface area contributed by atoms with Crippen molar-refractivity contribution in [3.8, 4) is 0 Å². The first kappa shape index (κ1) is 21.6. The van der Waals surface area contributed by atoms with Crippen molar-refractivity contribution < 1.29 is 5.11 Å². The molecular weight excluding hydrogens is 415 g/mol. The molecule has 0 aliphatic heterocycles. The number of benzene rings is 1. The van der Waals surface area contributed by atoms with Crippen molar-refractivity contribution in [3.05, 3.63) is 60.5 Å². The van der Waals surface area contributed by atoms with E-state index in [1.807, 2.05) is 13.8 Å². The van der Waals surface area contributed by atoms with Gasteiger partial charge in [0.05, 0.1) is 6.54 Å². The van der Waals surface area contributed by atoms with Crippen LogP contribution < -0.4 is 11.2 Å². The molecule has 0 bridgehead atoms. The lowest BCUT2D eigenvalue weighted by Crippen LogP contribution is -2.41. The fourth-order valence-corrected chi connectivity index (χ4v) is 3.94. The number of halogens is 2. The third-order valence-corrected chi connectivity index (χ3v) is 5.60. The van der Waals surface area contributed by atoms with Gasteiger partial charge in [-0.05, 0) is 25.0 Å². The summed E-state index contributed by atoms with van der Waals surface area (Å²) < 4.78 is 4.36. The molecule has 0 aliphatic rings. The number of aryl methyl sites for hydroxylation is 2. The van der Waals surface area contributed by atoms with Gasteiger partial charge >= 0.3 is 5.69 Å². The van der Waals surface area contributed by atoms with E-state index in [2.05, 4.69) is 4.98 Å². The number of aliphatic hydroxyl groups excluding tert-OH is 1. The summed E-state index contributed by atoms with van der Waals surface area (Å²) in [6.07, 6.45) is 2.39. The monoisotopic (exact) mass is 438 g/mol. The van der Waals surface area contributed by atoms with Gasteiger partial charge in [-0.15, -0.1) is 0 Å². The van der Waals surface area contributed by atoms with Crippen LogP contribution in [0.25, 0.3) is 11.2 Å². The van der Waals surface area contributed by atoms with E-state index in [-0.39, 0.29) is 13.2 Å². The van der Waals surface area contributed by atoms with Gasteiger partial charge in [-0.3, -0.25) is 13.9 Å². The number of aliphatic hydroxyl groups is 1. The molecule has 1 N–H and O–H groups in total. The van der Waals surface area contributed by atoms with E-state index in [1.54, 1.807) is 22.8 Å². The normalized spacial score (nSPS) is 11.5. The number of hydrogen-bond donors (Lipinski definition) is 1. The Morgan fingerprint density at radius 1 is 1.00 bits per heavy atom. The number of unbranched alkanes of at least 4 members (excludes halogenated alkanes) is 1. The second kappa shape index (κ2) is 9.15. The summed E-state index contributed by atoms with van der Waals surface area (Å²) in [7, 11) is 0. The van der Waals surface area contributed by atoms with Crippen molar-refractivity contribution >= 4 is 34.4 Å². The molecule has 2 aromatic heterocycles. The molecule has 0 aliphatic carbocycles. The lowest BCUT2D eigenvalue weighted by molar-refractivity contribution is 0.265. The minimum Gasteiger partial charge on any atom is -0.388 e. The molecule has 1 aromatic carbocycles. The number of nitrogens with zero attached hydrogens (tertiary/aromatic N) is 4. The van der Waals surface area contributed by atoms with Gasteiger partial charge in [-0.2, -0.15) is 0 Å². The smallest absolute Gasteiger partial charge is 0.333 e. The largest absolute Gasteiger partial charge is 0.388 e. The van der Waals surface area contributed by atoms with E-state index < -0.39 is 11.2 Å². The number of hydrogen-bond acceptors (Lipinski definition) is 4. The van der Waals surface area contributed by atoms with Crippen LogP contribution >= 0.6 is 23.2 Å². The van der Waals surface area contributed by atoms with Crippen molar-refractivity contribution in [3.63, 3.8) is 0 Å². The topological polar surface area (TPSA) is 82.1 Å². The molecular formula is C20H24Cl2N4O3. The molecule has 3 aromatic rings. The number of fused-ring (bicyclic) bond motifs is 1. The van der Waals surface area contributed by atoms with Crippen LogP contribution in [0.3, 0.4) is 0 Å². The summed E-state index contributed by atoms with van der Waals surface area (Å²) in [5, 5.41) is 10.5. The lowest BCUT2D eigenvalue weighted by Gasteiger charge is -2.14. The van der Waals surface area contributed by atoms with Crippen molar-refractivity contribution in [1.82, 2.24) is 18.7 Å². The molecule has 156 valence electrons. The van der Waals surface area contributed by atoms with Gasteiger partial charge in [0.25, 0.3) is 5.56 Å². The molecule has 2 heterocycles. The summed E-state index contributed by atoms with van der Waals surface area (Å²) in [5.74, 6) is 0.372. The Labute approximate surface area is 178 Å². The van der Waals surface area contributed by atoms with Gasteiger partial charge in [0.2, 0.25) is 0 Å². The molecule has 0 atom stereocenters. The van der Waals surface area contributed by atoms with Crippen LogP contribution in [0.15, 0.2) is 27.8 Å². The van der Waals surface area contributed by atoms with Crippen LogP contribution in [0, 0.1) is 0 Å². The van der Waals surface area contributed by atoms with Crippen LogP contribution in [-0.4, -0.2) is 23.8 Å². The summed E-state index contributed by atoms with van der Waals surface area (Å²) in [6.45, 7) is 4.59. The zero-order chi connectivity index (χ0) is 21.1. The Morgan fingerprint density at radius 3 is 2.28 bits per heavy atom. The second-order valence-electron chi connectivity index (χ2n) is 6.89. The first-order chi connectivity index (χ1) is 13.9. The Hall–Kier alpha value is -2.09. The maximum atomic E-state index is 13.3. The van der Waals surface area contributed by atoms with Crippen LogP contribution in [0.4, 0.5) is 0 Å². The SMILES string of the molecule is CCCCn1c(=O)n(Cc2c(Cl)cccc2Cl)c(=O)c2c1nc(CO)n2CCC.